The van der Waals surface area contributed by atoms with Gasteiger partial charge >= 0.3 is 0 Å². The highest BCUT2D eigenvalue weighted by Crippen LogP contribution is 2.32. The van der Waals surface area contributed by atoms with Crippen molar-refractivity contribution in [2.24, 2.45) is 17.8 Å². The minimum atomic E-state index is -0.131. The highest BCUT2D eigenvalue weighted by Gasteiger charge is 2.29. The first-order valence-corrected chi connectivity index (χ1v) is 4.87. The molecule has 3 unspecified atom stereocenters. The molecule has 12 heavy (non-hydrogen) atoms. The van der Waals surface area contributed by atoms with Crippen molar-refractivity contribution >= 4 is 0 Å². The normalized spacial score (nSPS) is 36.8. The van der Waals surface area contributed by atoms with Crippen LogP contribution < -0.4 is 0 Å². The maximum atomic E-state index is 9.88. The second kappa shape index (κ2) is 3.61. The predicted octanol–water partition coefficient (Wildman–Crippen LogP) is 2.61. The van der Waals surface area contributed by atoms with Crippen LogP contribution in [-0.4, -0.2) is 11.2 Å². The summed E-state index contributed by atoms with van der Waals surface area (Å²) in [5.41, 5.74) is 1.44. The van der Waals surface area contributed by atoms with E-state index in [4.69, 9.17) is 0 Å². The van der Waals surface area contributed by atoms with Crippen molar-refractivity contribution in [3.63, 3.8) is 0 Å². The lowest BCUT2D eigenvalue weighted by molar-refractivity contribution is 0.0443. The number of hydrogen-bond donors (Lipinski definition) is 1. The molecule has 0 spiro atoms. The summed E-state index contributed by atoms with van der Waals surface area (Å²) in [4.78, 5) is 0. The third-order valence-electron chi connectivity index (χ3n) is 2.94. The van der Waals surface area contributed by atoms with Crippen molar-refractivity contribution in [2.45, 2.75) is 40.2 Å². The summed E-state index contributed by atoms with van der Waals surface area (Å²) in [6.45, 7) is 8.65. The molecule has 1 heteroatoms. The van der Waals surface area contributed by atoms with Crippen molar-refractivity contribution in [1.29, 1.82) is 0 Å². The van der Waals surface area contributed by atoms with E-state index < -0.39 is 0 Å². The minimum absolute atomic E-state index is 0.131. The Bertz CT molecular complexity index is 181. The lowest BCUT2D eigenvalue weighted by Crippen LogP contribution is -2.33. The molecule has 70 valence electrons. The number of hydrogen-bond acceptors (Lipinski definition) is 1. The van der Waals surface area contributed by atoms with E-state index in [-0.39, 0.29) is 6.10 Å². The van der Waals surface area contributed by atoms with Crippen LogP contribution in [0.15, 0.2) is 11.6 Å². The van der Waals surface area contributed by atoms with Crippen molar-refractivity contribution in [2.75, 3.05) is 0 Å². The Morgan fingerprint density at radius 3 is 2.58 bits per heavy atom. The minimum Gasteiger partial charge on any atom is -0.392 e. The van der Waals surface area contributed by atoms with Gasteiger partial charge in [0, 0.05) is 5.92 Å². The van der Waals surface area contributed by atoms with Gasteiger partial charge in [-0.25, -0.2) is 0 Å². The summed E-state index contributed by atoms with van der Waals surface area (Å²) >= 11 is 0. The lowest BCUT2D eigenvalue weighted by atomic mass is 9.75. The molecule has 1 aliphatic rings. The van der Waals surface area contributed by atoms with Crippen molar-refractivity contribution in [1.82, 2.24) is 0 Å². The average Bonchev–Trinajstić information content (AvgIpc) is 1.96. The van der Waals surface area contributed by atoms with E-state index in [1.54, 1.807) is 0 Å². The highest BCUT2D eigenvalue weighted by molar-refractivity contribution is 5.09. The SMILES string of the molecule is CC1=CC(C)C(O)C(C(C)C)C1. The second-order valence-corrected chi connectivity index (χ2v) is 4.47. The quantitative estimate of drug-likeness (QED) is 0.597. The van der Waals surface area contributed by atoms with Gasteiger partial charge in [-0.3, -0.25) is 0 Å². The van der Waals surface area contributed by atoms with Crippen LogP contribution in [0.3, 0.4) is 0 Å². The molecule has 0 aromatic carbocycles. The maximum absolute atomic E-state index is 9.88. The van der Waals surface area contributed by atoms with E-state index in [1.165, 1.54) is 5.57 Å². The molecular formula is C11H20O. The van der Waals surface area contributed by atoms with Gasteiger partial charge in [0.25, 0.3) is 0 Å². The van der Waals surface area contributed by atoms with E-state index in [0.29, 0.717) is 17.8 Å². The van der Waals surface area contributed by atoms with E-state index in [1.807, 2.05) is 0 Å². The molecule has 0 saturated carbocycles. The molecule has 0 amide bonds. The van der Waals surface area contributed by atoms with Crippen LogP contribution in [0.5, 0.6) is 0 Å². The fourth-order valence-corrected chi connectivity index (χ4v) is 2.13. The summed E-state index contributed by atoms with van der Waals surface area (Å²) in [7, 11) is 0. The van der Waals surface area contributed by atoms with Crippen LogP contribution in [0.2, 0.25) is 0 Å². The van der Waals surface area contributed by atoms with Crippen LogP contribution >= 0.6 is 0 Å². The van der Waals surface area contributed by atoms with E-state index in [2.05, 4.69) is 33.8 Å². The molecule has 1 rings (SSSR count). The number of aliphatic hydroxyl groups excluding tert-OH is 1. The Morgan fingerprint density at radius 1 is 1.50 bits per heavy atom. The molecule has 0 aromatic rings. The van der Waals surface area contributed by atoms with Gasteiger partial charge in [-0.15, -0.1) is 0 Å². The van der Waals surface area contributed by atoms with Gasteiger partial charge in [0.15, 0.2) is 0 Å². The van der Waals surface area contributed by atoms with Gasteiger partial charge in [-0.2, -0.15) is 0 Å². The van der Waals surface area contributed by atoms with Crippen molar-refractivity contribution in [3.05, 3.63) is 11.6 Å². The molecule has 1 N–H and O–H groups in total. The predicted molar refractivity (Wildman–Crippen MR) is 51.9 cm³/mol. The summed E-state index contributed by atoms with van der Waals surface area (Å²) in [5, 5.41) is 9.88. The van der Waals surface area contributed by atoms with Crippen molar-refractivity contribution < 1.29 is 5.11 Å². The van der Waals surface area contributed by atoms with E-state index in [9.17, 15) is 5.11 Å². The smallest absolute Gasteiger partial charge is 0.0633 e. The Labute approximate surface area is 75.5 Å². The summed E-state index contributed by atoms with van der Waals surface area (Å²) in [6, 6.07) is 0. The fraction of sp³-hybridized carbons (Fsp3) is 0.818. The lowest BCUT2D eigenvalue weighted by Gasteiger charge is -2.33. The third-order valence-corrected chi connectivity index (χ3v) is 2.94. The monoisotopic (exact) mass is 168 g/mol. The first-order chi connectivity index (χ1) is 5.52. The molecule has 0 aliphatic heterocycles. The molecule has 3 atom stereocenters. The zero-order valence-corrected chi connectivity index (χ0v) is 8.54. The number of rotatable bonds is 1. The zero-order valence-electron chi connectivity index (χ0n) is 8.54. The van der Waals surface area contributed by atoms with Gasteiger partial charge in [0.2, 0.25) is 0 Å². The van der Waals surface area contributed by atoms with Crippen LogP contribution in [0.25, 0.3) is 0 Å². The first-order valence-electron chi connectivity index (χ1n) is 4.87. The van der Waals surface area contributed by atoms with Gasteiger partial charge in [0.05, 0.1) is 6.10 Å². The van der Waals surface area contributed by atoms with E-state index >= 15 is 0 Å². The Hall–Kier alpha value is -0.300. The molecule has 0 bridgehead atoms. The topological polar surface area (TPSA) is 20.2 Å². The van der Waals surface area contributed by atoms with Crippen LogP contribution in [-0.2, 0) is 0 Å². The Kier molecular flexibility index (Phi) is 2.94. The maximum Gasteiger partial charge on any atom is 0.0633 e. The third kappa shape index (κ3) is 1.89. The average molecular weight is 168 g/mol. The van der Waals surface area contributed by atoms with E-state index in [0.717, 1.165) is 6.42 Å². The molecule has 0 aromatic heterocycles. The molecule has 1 nitrogen and oxygen atoms in total. The molecule has 0 fully saturated rings. The van der Waals surface area contributed by atoms with Crippen LogP contribution in [0, 0.1) is 17.8 Å². The van der Waals surface area contributed by atoms with Gasteiger partial charge < -0.3 is 5.11 Å². The second-order valence-electron chi connectivity index (χ2n) is 4.47. The van der Waals surface area contributed by atoms with Gasteiger partial charge in [-0.05, 0) is 25.2 Å². The summed E-state index contributed by atoms with van der Waals surface area (Å²) < 4.78 is 0. The van der Waals surface area contributed by atoms with Crippen LogP contribution in [0.1, 0.15) is 34.1 Å². The number of allylic oxidation sites excluding steroid dienone is 1. The van der Waals surface area contributed by atoms with Crippen molar-refractivity contribution in [3.8, 4) is 0 Å². The Morgan fingerprint density at radius 2 is 2.08 bits per heavy atom. The molecule has 1 aliphatic carbocycles. The van der Waals surface area contributed by atoms with Crippen LogP contribution in [0.4, 0.5) is 0 Å². The largest absolute Gasteiger partial charge is 0.392 e. The first kappa shape index (κ1) is 9.79. The van der Waals surface area contributed by atoms with Gasteiger partial charge in [-0.1, -0.05) is 32.4 Å². The standard InChI is InChI=1S/C11H20O/c1-7(2)10-6-8(3)5-9(4)11(10)12/h5,7,9-12H,6H2,1-4H3. The molecular weight excluding hydrogens is 148 g/mol. The zero-order chi connectivity index (χ0) is 9.30. The van der Waals surface area contributed by atoms with Gasteiger partial charge in [0.1, 0.15) is 0 Å². The molecule has 0 radical (unpaired) electrons. The fourth-order valence-electron chi connectivity index (χ4n) is 2.13. The highest BCUT2D eigenvalue weighted by atomic mass is 16.3. The number of aliphatic hydroxyl groups is 1. The summed E-state index contributed by atoms with van der Waals surface area (Å²) in [6.07, 6.45) is 3.14. The summed E-state index contributed by atoms with van der Waals surface area (Å²) in [5.74, 6) is 1.39. The Balaban J connectivity index is 2.73. The molecule has 0 saturated heterocycles. The molecule has 0 heterocycles.